The van der Waals surface area contributed by atoms with Gasteiger partial charge in [-0.15, -0.1) is 0 Å². The molecule has 29 heavy (non-hydrogen) atoms. The molecule has 1 atom stereocenters. The Morgan fingerprint density at radius 2 is 1.93 bits per heavy atom. The number of amides is 4. The summed E-state index contributed by atoms with van der Waals surface area (Å²) in [5, 5.41) is 5.62. The van der Waals surface area contributed by atoms with Gasteiger partial charge in [-0.1, -0.05) is 38.3 Å². The summed E-state index contributed by atoms with van der Waals surface area (Å²) in [7, 11) is 0. The minimum Gasteiger partial charge on any atom is -0.451 e. The molecule has 0 radical (unpaired) electrons. The number of halogens is 1. The van der Waals surface area contributed by atoms with Crippen LogP contribution in [0.3, 0.4) is 0 Å². The van der Waals surface area contributed by atoms with Crippen molar-refractivity contribution in [3.05, 3.63) is 23.4 Å². The smallest absolute Gasteiger partial charge is 0.327 e. The highest BCUT2D eigenvalue weighted by Crippen LogP contribution is 2.28. The van der Waals surface area contributed by atoms with Crippen LogP contribution < -0.4 is 10.6 Å². The fourth-order valence-electron chi connectivity index (χ4n) is 3.23. The van der Waals surface area contributed by atoms with Crippen molar-refractivity contribution in [2.45, 2.75) is 58.1 Å². The Morgan fingerprint density at radius 1 is 1.28 bits per heavy atom. The van der Waals surface area contributed by atoms with Crippen molar-refractivity contribution in [2.24, 2.45) is 0 Å². The minimum absolute atomic E-state index is 0.250. The highest BCUT2D eigenvalue weighted by atomic mass is 35.5. The number of nitrogens with zero attached hydrogens (tertiary/aromatic N) is 2. The van der Waals surface area contributed by atoms with E-state index in [0.29, 0.717) is 30.7 Å². The number of pyridine rings is 1. The van der Waals surface area contributed by atoms with Crippen LogP contribution in [-0.2, 0) is 19.1 Å². The summed E-state index contributed by atoms with van der Waals surface area (Å²) in [6.45, 7) is 4.66. The Bertz CT molecular complexity index is 777. The lowest BCUT2D eigenvalue weighted by Crippen LogP contribution is -2.47. The molecule has 4 amide bonds. The fourth-order valence-corrected chi connectivity index (χ4v) is 3.34. The molecule has 0 spiro atoms. The van der Waals surface area contributed by atoms with Gasteiger partial charge >= 0.3 is 12.0 Å². The van der Waals surface area contributed by atoms with Crippen LogP contribution in [0.15, 0.2) is 18.3 Å². The Labute approximate surface area is 174 Å². The molecular formula is C19H25ClN4O5. The Hall–Kier alpha value is -2.68. The van der Waals surface area contributed by atoms with E-state index in [1.54, 1.807) is 6.07 Å². The van der Waals surface area contributed by atoms with Crippen LogP contribution >= 0.6 is 11.6 Å². The number of urea groups is 1. The van der Waals surface area contributed by atoms with Crippen LogP contribution in [0.1, 0.15) is 46.5 Å². The van der Waals surface area contributed by atoms with Crippen LogP contribution in [-0.4, -0.2) is 51.9 Å². The van der Waals surface area contributed by atoms with E-state index in [-0.39, 0.29) is 5.82 Å². The number of carbonyl (C=O) groups is 4. The van der Waals surface area contributed by atoms with E-state index in [4.69, 9.17) is 16.3 Å². The van der Waals surface area contributed by atoms with Gasteiger partial charge in [0.15, 0.2) is 6.10 Å². The summed E-state index contributed by atoms with van der Waals surface area (Å²) in [4.78, 5) is 54.2. The van der Waals surface area contributed by atoms with Crippen LogP contribution in [0.25, 0.3) is 0 Å². The van der Waals surface area contributed by atoms with E-state index >= 15 is 0 Å². The third kappa shape index (κ3) is 5.44. The highest BCUT2D eigenvalue weighted by Gasteiger charge is 2.50. The highest BCUT2D eigenvalue weighted by molar-refractivity contribution is 6.30. The summed E-state index contributed by atoms with van der Waals surface area (Å²) in [5.41, 5.74) is -0.982. The number of nitrogens with one attached hydrogen (secondary N) is 2. The fraction of sp³-hybridized carbons (Fsp3) is 0.526. The summed E-state index contributed by atoms with van der Waals surface area (Å²) >= 11 is 5.73. The molecule has 9 nitrogen and oxygen atoms in total. The predicted molar refractivity (Wildman–Crippen MR) is 106 cm³/mol. The molecule has 0 unspecified atom stereocenters. The number of hydrogen-bond donors (Lipinski definition) is 2. The second-order valence-corrected chi connectivity index (χ2v) is 7.32. The molecule has 10 heteroatoms. The number of carbonyl (C=O) groups excluding carboxylic acids is 4. The van der Waals surface area contributed by atoms with Gasteiger partial charge in [0.05, 0.1) is 5.02 Å². The third-order valence-electron chi connectivity index (χ3n) is 4.54. The van der Waals surface area contributed by atoms with Gasteiger partial charge in [-0.3, -0.25) is 19.3 Å². The molecule has 0 saturated carbocycles. The number of imide groups is 1. The Morgan fingerprint density at radius 3 is 2.48 bits per heavy atom. The van der Waals surface area contributed by atoms with Crippen LogP contribution in [0.4, 0.5) is 10.6 Å². The van der Waals surface area contributed by atoms with Gasteiger partial charge in [-0.2, -0.15) is 0 Å². The number of aromatic nitrogens is 1. The third-order valence-corrected chi connectivity index (χ3v) is 4.77. The van der Waals surface area contributed by atoms with E-state index < -0.39 is 42.0 Å². The summed E-state index contributed by atoms with van der Waals surface area (Å²) in [6, 6.07) is 2.43. The standard InChI is InChI=1S/C19H25ClN4O5/c1-4-8-19(9-5-2)17(27)24(18(28)23-19)11-15(25)29-12(3)16(26)22-14-7-6-13(20)10-21-14/h6-7,10,12H,4-5,8-9,11H2,1-3H3,(H,23,28)(H,21,22,26)/t12-/m1/s1. The van der Waals surface area contributed by atoms with Gasteiger partial charge in [0.1, 0.15) is 17.9 Å². The number of anilines is 1. The predicted octanol–water partition coefficient (Wildman–Crippen LogP) is 2.50. The molecule has 158 valence electrons. The molecule has 1 fully saturated rings. The first kappa shape index (κ1) is 22.6. The van der Waals surface area contributed by atoms with Gasteiger partial charge < -0.3 is 15.4 Å². The number of hydrogen-bond acceptors (Lipinski definition) is 6. The van der Waals surface area contributed by atoms with E-state index in [1.165, 1.54) is 19.2 Å². The van der Waals surface area contributed by atoms with E-state index in [1.807, 2.05) is 13.8 Å². The molecule has 2 heterocycles. The Balaban J connectivity index is 1.95. The van der Waals surface area contributed by atoms with E-state index in [9.17, 15) is 19.2 Å². The topological polar surface area (TPSA) is 118 Å². The zero-order valence-corrected chi connectivity index (χ0v) is 17.4. The normalized spacial score (nSPS) is 16.3. The maximum atomic E-state index is 12.8. The second-order valence-electron chi connectivity index (χ2n) is 6.89. The van der Waals surface area contributed by atoms with Gasteiger partial charge in [-0.25, -0.2) is 9.78 Å². The maximum absolute atomic E-state index is 12.8. The molecular weight excluding hydrogens is 400 g/mol. The van der Waals surface area contributed by atoms with Gasteiger partial charge in [0.25, 0.3) is 11.8 Å². The first-order chi connectivity index (χ1) is 13.7. The molecule has 0 aromatic carbocycles. The zero-order valence-electron chi connectivity index (χ0n) is 16.7. The summed E-state index contributed by atoms with van der Waals surface area (Å²) in [5.74, 6) is -1.65. The first-order valence-electron chi connectivity index (χ1n) is 9.48. The lowest BCUT2D eigenvalue weighted by Gasteiger charge is -2.25. The summed E-state index contributed by atoms with van der Waals surface area (Å²) in [6.07, 6.45) is 2.62. The molecule has 1 aliphatic rings. The van der Waals surface area contributed by atoms with Crippen LogP contribution in [0.2, 0.25) is 5.02 Å². The van der Waals surface area contributed by atoms with Crippen molar-refractivity contribution in [2.75, 3.05) is 11.9 Å². The van der Waals surface area contributed by atoms with Crippen LogP contribution in [0.5, 0.6) is 0 Å². The van der Waals surface area contributed by atoms with Crippen molar-refractivity contribution in [1.29, 1.82) is 0 Å². The minimum atomic E-state index is -1.14. The molecule has 2 rings (SSSR count). The largest absolute Gasteiger partial charge is 0.451 e. The van der Waals surface area contributed by atoms with Crippen molar-refractivity contribution in [1.82, 2.24) is 15.2 Å². The van der Waals surface area contributed by atoms with Crippen molar-refractivity contribution < 1.29 is 23.9 Å². The van der Waals surface area contributed by atoms with E-state index in [2.05, 4.69) is 15.6 Å². The van der Waals surface area contributed by atoms with Crippen molar-refractivity contribution in [3.8, 4) is 0 Å². The molecule has 1 aromatic rings. The molecule has 0 aliphatic carbocycles. The first-order valence-corrected chi connectivity index (χ1v) is 9.86. The number of ether oxygens (including phenoxy) is 1. The van der Waals surface area contributed by atoms with Gasteiger partial charge in [0, 0.05) is 6.20 Å². The molecule has 1 aromatic heterocycles. The van der Waals surface area contributed by atoms with Gasteiger partial charge in [-0.05, 0) is 31.9 Å². The molecule has 0 bridgehead atoms. The number of rotatable bonds is 9. The van der Waals surface area contributed by atoms with Gasteiger partial charge in [0.2, 0.25) is 0 Å². The second kappa shape index (κ2) is 9.69. The van der Waals surface area contributed by atoms with Crippen molar-refractivity contribution in [3.63, 3.8) is 0 Å². The average Bonchev–Trinajstić information content (AvgIpc) is 2.88. The van der Waals surface area contributed by atoms with Crippen LogP contribution in [0, 0.1) is 0 Å². The quantitative estimate of drug-likeness (QED) is 0.464. The monoisotopic (exact) mass is 424 g/mol. The summed E-state index contributed by atoms with van der Waals surface area (Å²) < 4.78 is 5.08. The van der Waals surface area contributed by atoms with Crippen molar-refractivity contribution >= 4 is 41.2 Å². The molecule has 1 aliphatic heterocycles. The lowest BCUT2D eigenvalue weighted by molar-refractivity contribution is -0.155. The number of esters is 1. The SMILES string of the molecule is CCCC1(CCC)NC(=O)N(CC(=O)O[C@H](C)C(=O)Nc2ccc(Cl)cn2)C1=O. The van der Waals surface area contributed by atoms with E-state index in [0.717, 1.165) is 4.90 Å². The zero-order chi connectivity index (χ0) is 21.6. The molecule has 1 saturated heterocycles. The molecule has 2 N–H and O–H groups in total. The lowest BCUT2D eigenvalue weighted by atomic mass is 9.88. The maximum Gasteiger partial charge on any atom is 0.327 e. The Kier molecular flexibility index (Phi) is 7.55. The average molecular weight is 425 g/mol.